The number of halogens is 1. The topological polar surface area (TPSA) is 105 Å². The van der Waals surface area contributed by atoms with Crippen LogP contribution < -0.4 is 15.6 Å². The van der Waals surface area contributed by atoms with Gasteiger partial charge in [0, 0.05) is 24.7 Å². The molecule has 1 amide bonds. The van der Waals surface area contributed by atoms with Crippen molar-refractivity contribution in [3.05, 3.63) is 88.2 Å². The lowest BCUT2D eigenvalue weighted by Gasteiger charge is -2.32. The molecule has 0 radical (unpaired) electrons. The van der Waals surface area contributed by atoms with Crippen LogP contribution in [0.1, 0.15) is 49.0 Å². The predicted octanol–water partition coefficient (Wildman–Crippen LogP) is 5.13. The van der Waals surface area contributed by atoms with Gasteiger partial charge in [-0.1, -0.05) is 26.0 Å². The number of imidazole rings is 1. The van der Waals surface area contributed by atoms with Crippen LogP contribution in [-0.2, 0) is 6.54 Å². The minimum absolute atomic E-state index is 0.0875. The maximum atomic E-state index is 13.4. The Balaban J connectivity index is 1.34. The Bertz CT molecular complexity index is 1830. The second-order valence-electron chi connectivity index (χ2n) is 11.0. The summed E-state index contributed by atoms with van der Waals surface area (Å²) in [4.78, 5) is 41.3. The first-order valence-corrected chi connectivity index (χ1v) is 14.9. The van der Waals surface area contributed by atoms with Gasteiger partial charge < -0.3 is 24.5 Å². The van der Waals surface area contributed by atoms with Crippen molar-refractivity contribution in [1.82, 2.24) is 29.7 Å². The zero-order valence-corrected chi connectivity index (χ0v) is 24.4. The Hall–Kier alpha value is -4.57. The molecule has 3 heterocycles. The van der Waals surface area contributed by atoms with Crippen LogP contribution in [0, 0.1) is 5.82 Å². The number of piperidine rings is 1. The zero-order valence-electron chi connectivity index (χ0n) is 24.4. The smallest absolute Gasteiger partial charge is 0.259 e. The van der Waals surface area contributed by atoms with E-state index in [0.717, 1.165) is 50.0 Å². The highest BCUT2D eigenvalue weighted by molar-refractivity contribution is 5.97. The maximum Gasteiger partial charge on any atom is 0.259 e. The molecule has 2 aromatic heterocycles. The van der Waals surface area contributed by atoms with Gasteiger partial charge in [-0.25, -0.2) is 14.4 Å². The molecule has 2 N–H and O–H groups in total. The lowest BCUT2D eigenvalue weighted by molar-refractivity contribution is 0.0906. The largest absolute Gasteiger partial charge is 0.493 e. The number of nitrogens with zero attached hydrogens (tertiary/aromatic N) is 4. The van der Waals surface area contributed by atoms with Crippen LogP contribution in [0.25, 0.3) is 33.3 Å². The number of aromatic nitrogens is 4. The van der Waals surface area contributed by atoms with Crippen molar-refractivity contribution in [2.45, 2.75) is 45.7 Å². The summed E-state index contributed by atoms with van der Waals surface area (Å²) in [6.45, 7) is 7.96. The second-order valence-corrected chi connectivity index (χ2v) is 11.0. The Morgan fingerprint density at radius 3 is 2.74 bits per heavy atom. The summed E-state index contributed by atoms with van der Waals surface area (Å²) in [5.41, 5.74) is 3.56. The fourth-order valence-electron chi connectivity index (χ4n) is 5.65. The zero-order chi connectivity index (χ0) is 29.9. The van der Waals surface area contributed by atoms with E-state index in [4.69, 9.17) is 9.72 Å². The van der Waals surface area contributed by atoms with Gasteiger partial charge >= 0.3 is 0 Å². The van der Waals surface area contributed by atoms with Gasteiger partial charge in [0.05, 0.1) is 40.4 Å². The average molecular weight is 583 g/mol. The molecule has 1 saturated heterocycles. The number of rotatable bonds is 9. The van der Waals surface area contributed by atoms with Crippen molar-refractivity contribution in [3.8, 4) is 17.1 Å². The minimum atomic E-state index is -0.311. The number of hydrogen-bond acceptors (Lipinski definition) is 6. The molecule has 3 aromatic carbocycles. The molecule has 0 saturated carbocycles. The molecule has 1 atom stereocenters. The van der Waals surface area contributed by atoms with E-state index in [1.54, 1.807) is 48.8 Å². The van der Waals surface area contributed by atoms with Gasteiger partial charge in [-0.15, -0.1) is 0 Å². The Kier molecular flexibility index (Phi) is 8.20. The summed E-state index contributed by atoms with van der Waals surface area (Å²) < 4.78 is 21.3. The monoisotopic (exact) mass is 582 g/mol. The highest BCUT2D eigenvalue weighted by Gasteiger charge is 2.22. The highest BCUT2D eigenvalue weighted by Crippen LogP contribution is 2.30. The summed E-state index contributed by atoms with van der Waals surface area (Å²) in [5.74, 6) is 0.405. The third-order valence-electron chi connectivity index (χ3n) is 7.96. The number of nitrogens with one attached hydrogen (secondary N) is 2. The summed E-state index contributed by atoms with van der Waals surface area (Å²) in [7, 11) is 0. The van der Waals surface area contributed by atoms with Crippen LogP contribution in [0.3, 0.4) is 0 Å². The second kappa shape index (κ2) is 12.3. The number of likely N-dealkylation sites (tertiary alicyclic amines) is 1. The van der Waals surface area contributed by atoms with E-state index in [9.17, 15) is 14.0 Å². The Labute approximate surface area is 248 Å². The molecule has 1 unspecified atom stereocenters. The summed E-state index contributed by atoms with van der Waals surface area (Å²) >= 11 is 0. The molecule has 0 spiro atoms. The molecule has 6 rings (SSSR count). The minimum Gasteiger partial charge on any atom is -0.493 e. The first-order chi connectivity index (χ1) is 20.9. The molecule has 1 aliphatic heterocycles. The van der Waals surface area contributed by atoms with Gasteiger partial charge in [-0.05, 0) is 80.4 Å². The molecular weight excluding hydrogens is 547 g/mol. The lowest BCUT2D eigenvalue weighted by atomic mass is 10.0. The number of H-pyrrole nitrogens is 1. The van der Waals surface area contributed by atoms with Crippen LogP contribution in [-0.4, -0.2) is 62.6 Å². The SMILES string of the molecule is CCCOc1ccc(C(=O)NC2CCCN(CC)C2)cc1-c1nc2cc3ncn(Cc4ccc(F)cc4)c3cc2c(=O)[nH]1. The van der Waals surface area contributed by atoms with Crippen molar-refractivity contribution in [1.29, 1.82) is 0 Å². The van der Waals surface area contributed by atoms with Gasteiger partial charge in [0.2, 0.25) is 0 Å². The van der Waals surface area contributed by atoms with E-state index >= 15 is 0 Å². The van der Waals surface area contributed by atoms with E-state index in [1.807, 2.05) is 11.5 Å². The Morgan fingerprint density at radius 2 is 1.95 bits per heavy atom. The first-order valence-electron chi connectivity index (χ1n) is 14.9. The fraction of sp³-hybridized carbons (Fsp3) is 0.333. The third-order valence-corrected chi connectivity index (χ3v) is 7.96. The fourth-order valence-corrected chi connectivity index (χ4v) is 5.65. The molecule has 1 aliphatic rings. The quantitative estimate of drug-likeness (QED) is 0.250. The van der Waals surface area contributed by atoms with Gasteiger partial charge in [-0.2, -0.15) is 0 Å². The van der Waals surface area contributed by atoms with Crippen molar-refractivity contribution in [3.63, 3.8) is 0 Å². The number of carbonyl (C=O) groups is 1. The number of ether oxygens (including phenoxy) is 1. The number of benzene rings is 3. The van der Waals surface area contributed by atoms with Crippen LogP contribution >= 0.6 is 0 Å². The molecule has 5 aromatic rings. The first kappa shape index (κ1) is 28.5. The number of amides is 1. The standard InChI is InChI=1S/C33H35FN6O3/c1-3-14-43-30-12-9-22(32(41)36-24-6-5-13-39(4-2)19-24)15-26(30)31-37-27-17-28-29(16-25(27)33(42)38-31)40(20-35-28)18-21-7-10-23(34)11-8-21/h7-12,15-17,20,24H,3-6,13-14,18-19H2,1-2H3,(H,36,41)(H,37,38,42). The van der Waals surface area contributed by atoms with E-state index in [-0.39, 0.29) is 23.3 Å². The van der Waals surface area contributed by atoms with E-state index in [1.165, 1.54) is 12.1 Å². The van der Waals surface area contributed by atoms with Crippen molar-refractivity contribution in [2.75, 3.05) is 26.2 Å². The molecule has 0 bridgehead atoms. The molecule has 222 valence electrons. The summed E-state index contributed by atoms with van der Waals surface area (Å²) in [5, 5.41) is 3.60. The number of likely N-dealkylation sites (N-methyl/N-ethyl adjacent to an activating group) is 1. The summed E-state index contributed by atoms with van der Waals surface area (Å²) in [6, 6.07) is 15.2. The maximum absolute atomic E-state index is 13.4. The van der Waals surface area contributed by atoms with Gasteiger partial charge in [0.25, 0.3) is 11.5 Å². The van der Waals surface area contributed by atoms with Crippen LogP contribution in [0.2, 0.25) is 0 Å². The van der Waals surface area contributed by atoms with Crippen LogP contribution in [0.4, 0.5) is 4.39 Å². The Morgan fingerprint density at radius 1 is 1.12 bits per heavy atom. The third kappa shape index (κ3) is 6.15. The van der Waals surface area contributed by atoms with Crippen molar-refractivity contribution >= 4 is 27.8 Å². The molecule has 9 nitrogen and oxygen atoms in total. The predicted molar refractivity (Wildman–Crippen MR) is 165 cm³/mol. The number of aromatic amines is 1. The molecule has 1 fully saturated rings. The average Bonchev–Trinajstić information content (AvgIpc) is 3.41. The molecule has 10 heteroatoms. The normalized spacial score (nSPS) is 15.7. The molecule has 43 heavy (non-hydrogen) atoms. The van der Waals surface area contributed by atoms with Gasteiger partial charge in [-0.3, -0.25) is 9.59 Å². The summed E-state index contributed by atoms with van der Waals surface area (Å²) in [6.07, 6.45) is 4.50. The van der Waals surface area contributed by atoms with Crippen LogP contribution in [0.5, 0.6) is 5.75 Å². The number of carbonyl (C=O) groups excluding carboxylic acids is 1. The highest BCUT2D eigenvalue weighted by atomic mass is 19.1. The van der Waals surface area contributed by atoms with Crippen molar-refractivity contribution < 1.29 is 13.9 Å². The van der Waals surface area contributed by atoms with Gasteiger partial charge in [0.15, 0.2) is 0 Å². The van der Waals surface area contributed by atoms with E-state index in [0.29, 0.717) is 52.3 Å². The number of hydrogen-bond donors (Lipinski definition) is 2. The molecular formula is C33H35FN6O3. The number of fused-ring (bicyclic) bond motifs is 2. The van der Waals surface area contributed by atoms with E-state index < -0.39 is 0 Å². The molecule has 0 aliphatic carbocycles. The lowest BCUT2D eigenvalue weighted by Crippen LogP contribution is -2.47. The van der Waals surface area contributed by atoms with Crippen LogP contribution in [0.15, 0.2) is 65.7 Å². The van der Waals surface area contributed by atoms with Gasteiger partial charge in [0.1, 0.15) is 17.4 Å². The van der Waals surface area contributed by atoms with Crippen molar-refractivity contribution in [2.24, 2.45) is 0 Å². The van der Waals surface area contributed by atoms with E-state index in [2.05, 4.69) is 27.1 Å².